The zero-order valence-corrected chi connectivity index (χ0v) is 49.1. The number of Topliss-reactive ketones (excluding diaryl/α,β-unsaturated/α-hetero) is 1. The summed E-state index contributed by atoms with van der Waals surface area (Å²) in [6.45, 7) is 25.7. The predicted octanol–water partition coefficient (Wildman–Crippen LogP) is 16.7. The molecule has 394 valence electrons. The minimum absolute atomic E-state index is 0.00314. The highest BCUT2D eigenvalue weighted by molar-refractivity contribution is 14.1. The second-order valence-electron chi connectivity index (χ2n) is 23.5. The fraction of sp³-hybridized carbons (Fsp3) is 0.365. The van der Waals surface area contributed by atoms with Crippen LogP contribution in [0.15, 0.2) is 126 Å². The lowest BCUT2D eigenvalue weighted by molar-refractivity contribution is -0.147. The Morgan fingerprint density at radius 3 is 1.83 bits per heavy atom. The average Bonchev–Trinajstić information content (AvgIpc) is 3.76. The maximum Gasteiger partial charge on any atom is 0.309 e. The SMILES string of the molecule is CC(C)(C)CC(=O)c1c(CC(C)(C)C(=O)O)n(Cc2ccc([125I])cc2)c2ccc(OCc3ccc4ccccc4n3)cc12.CC(C)c1ccc2c(c1)c(SC(C)(C)C)c(CC(C)(C)C(=O)O)n2Cc1ccc(Cl)cc1. The molecule has 8 aromatic rings. The van der Waals surface area contributed by atoms with E-state index in [4.69, 9.17) is 21.3 Å². The quantitative estimate of drug-likeness (QED) is 0.0525. The number of carboxylic acid groups (broad SMARTS) is 2. The Hall–Kier alpha value is -5.63. The number of hydrogen-bond acceptors (Lipinski definition) is 6. The average molecular weight is 1160 g/mol. The monoisotopic (exact) mass is 1160 g/mol. The number of carbonyl (C=O) groups excluding carboxylic acids is 1. The number of hydrogen-bond donors (Lipinski definition) is 2. The van der Waals surface area contributed by atoms with E-state index >= 15 is 0 Å². The van der Waals surface area contributed by atoms with Crippen molar-refractivity contribution in [2.24, 2.45) is 16.2 Å². The van der Waals surface area contributed by atoms with E-state index in [2.05, 4.69) is 109 Å². The highest BCUT2D eigenvalue weighted by atomic mass is 125. The zero-order valence-electron chi connectivity index (χ0n) is 45.4. The second kappa shape index (κ2) is 22.9. The van der Waals surface area contributed by atoms with Gasteiger partial charge in [-0.2, -0.15) is 0 Å². The third-order valence-corrected chi connectivity index (χ3v) is 15.5. The highest BCUT2D eigenvalue weighted by Gasteiger charge is 2.35. The van der Waals surface area contributed by atoms with E-state index < -0.39 is 22.8 Å². The van der Waals surface area contributed by atoms with Crippen molar-refractivity contribution in [1.29, 1.82) is 0 Å². The largest absolute Gasteiger partial charge is 0.487 e. The summed E-state index contributed by atoms with van der Waals surface area (Å²) in [6, 6.07) is 40.6. The lowest BCUT2D eigenvalue weighted by Gasteiger charge is -2.24. The number of ketones is 1. The third kappa shape index (κ3) is 14.3. The van der Waals surface area contributed by atoms with Crippen LogP contribution in [0.4, 0.5) is 0 Å². The van der Waals surface area contributed by atoms with E-state index in [1.807, 2.05) is 125 Å². The maximum atomic E-state index is 14.1. The van der Waals surface area contributed by atoms with Gasteiger partial charge >= 0.3 is 11.9 Å². The Balaban J connectivity index is 0.000000229. The summed E-state index contributed by atoms with van der Waals surface area (Å²) in [5.74, 6) is -0.633. The first-order chi connectivity index (χ1) is 35.1. The fourth-order valence-electron chi connectivity index (χ4n) is 9.13. The molecule has 0 aliphatic carbocycles. The molecule has 0 bridgehead atoms. The van der Waals surface area contributed by atoms with Crippen LogP contribution in [-0.4, -0.2) is 46.8 Å². The van der Waals surface area contributed by atoms with Gasteiger partial charge in [0.15, 0.2) is 5.78 Å². The molecular weight excluding hydrogens is 1090 g/mol. The number of carboxylic acids is 2. The number of pyridine rings is 1. The molecule has 0 aliphatic heterocycles. The molecule has 0 radical (unpaired) electrons. The van der Waals surface area contributed by atoms with Crippen molar-refractivity contribution >= 4 is 96.4 Å². The molecule has 75 heavy (non-hydrogen) atoms. The minimum Gasteiger partial charge on any atom is -0.487 e. The van der Waals surface area contributed by atoms with Crippen molar-refractivity contribution in [3.8, 4) is 5.75 Å². The maximum absolute atomic E-state index is 14.1. The number of rotatable bonds is 17. The van der Waals surface area contributed by atoms with Gasteiger partial charge in [-0.1, -0.05) is 122 Å². The van der Waals surface area contributed by atoms with Gasteiger partial charge in [0.05, 0.1) is 22.0 Å². The van der Waals surface area contributed by atoms with Gasteiger partial charge in [-0.05, 0) is 145 Å². The van der Waals surface area contributed by atoms with Gasteiger partial charge in [-0.25, -0.2) is 4.98 Å². The van der Waals surface area contributed by atoms with Crippen molar-refractivity contribution in [3.05, 3.63) is 169 Å². The van der Waals surface area contributed by atoms with Crippen LogP contribution >= 0.6 is 46.0 Å². The van der Waals surface area contributed by atoms with Gasteiger partial charge in [0.25, 0.3) is 0 Å². The number of halogens is 2. The number of nitrogens with zero attached hydrogens (tertiary/aromatic N) is 3. The second-order valence-corrected chi connectivity index (χ2v) is 27.0. The molecule has 0 saturated heterocycles. The van der Waals surface area contributed by atoms with Gasteiger partial charge < -0.3 is 24.1 Å². The van der Waals surface area contributed by atoms with Crippen LogP contribution in [0.3, 0.4) is 0 Å². The summed E-state index contributed by atoms with van der Waals surface area (Å²) >= 11 is 10.2. The van der Waals surface area contributed by atoms with Gasteiger partial charge in [0.1, 0.15) is 12.4 Å². The molecule has 9 nitrogen and oxygen atoms in total. The molecule has 5 aromatic carbocycles. The fourth-order valence-corrected chi connectivity index (χ4v) is 10.8. The zero-order chi connectivity index (χ0) is 54.8. The van der Waals surface area contributed by atoms with Crippen molar-refractivity contribution in [2.75, 3.05) is 0 Å². The Morgan fingerprint density at radius 1 is 0.680 bits per heavy atom. The molecule has 0 saturated carbocycles. The summed E-state index contributed by atoms with van der Waals surface area (Å²) in [7, 11) is 0. The normalized spacial score (nSPS) is 12.4. The van der Waals surface area contributed by atoms with E-state index in [9.17, 15) is 24.6 Å². The molecule has 0 fully saturated rings. The van der Waals surface area contributed by atoms with Crippen LogP contribution in [0.2, 0.25) is 5.02 Å². The molecule has 3 aromatic heterocycles. The Bertz CT molecular complexity index is 3380. The van der Waals surface area contributed by atoms with E-state index in [0.29, 0.717) is 48.2 Å². The van der Waals surface area contributed by atoms with Crippen LogP contribution in [0.1, 0.15) is 140 Å². The number of benzene rings is 5. The Labute approximate surface area is 465 Å². The van der Waals surface area contributed by atoms with E-state index in [0.717, 1.165) is 59.1 Å². The summed E-state index contributed by atoms with van der Waals surface area (Å²) in [4.78, 5) is 44.3. The first-order valence-electron chi connectivity index (χ1n) is 25.5. The molecule has 3 heterocycles. The van der Waals surface area contributed by atoms with Crippen molar-refractivity contribution in [2.45, 2.75) is 138 Å². The smallest absolute Gasteiger partial charge is 0.309 e. The number of thioether (sulfide) groups is 1. The van der Waals surface area contributed by atoms with Gasteiger partial charge in [0.2, 0.25) is 0 Å². The van der Waals surface area contributed by atoms with E-state index in [1.165, 1.54) is 15.8 Å². The van der Waals surface area contributed by atoms with Gasteiger partial charge in [-0.3, -0.25) is 14.4 Å². The molecule has 0 aliphatic rings. The van der Waals surface area contributed by atoms with E-state index in [-0.39, 0.29) is 29.0 Å². The summed E-state index contributed by atoms with van der Waals surface area (Å²) in [6.07, 6.45) is 1.01. The summed E-state index contributed by atoms with van der Waals surface area (Å²) in [5.41, 5.74) is 7.47. The highest BCUT2D eigenvalue weighted by Crippen LogP contribution is 2.44. The van der Waals surface area contributed by atoms with Crippen LogP contribution in [-0.2, 0) is 42.1 Å². The standard InChI is InChI=1S/C36H37IN2O4.C27H34ClNO2S/c1-35(2,3)20-32(40)33-28-18-27(43-22-26-15-12-24-8-6-7-9-29(24)38-26)16-17-30(28)39(21-23-10-13-25(37)14-11-23)31(33)19-36(4,5)34(41)42;1-17(2)19-10-13-22-21(14-19)24(32-26(3,4)5)23(15-27(6,7)25(30)31)29(22)16-18-8-11-20(28)12-9-18/h6-18H,19-22H2,1-5H3,(H,41,42);8-14,17H,15-16H2,1-7H3,(H,30,31)/i37-2;. The predicted molar refractivity (Wildman–Crippen MR) is 317 cm³/mol. The number of aromatic nitrogens is 3. The molecule has 0 atom stereocenters. The molecule has 8 rings (SSSR count). The first kappa shape index (κ1) is 57.1. The molecule has 2 N–H and O–H groups in total. The van der Waals surface area contributed by atoms with Crippen LogP contribution < -0.4 is 4.74 Å². The van der Waals surface area contributed by atoms with E-state index in [1.54, 1.807) is 13.8 Å². The molecular formula is C63H71ClIN3O6S. The third-order valence-electron chi connectivity index (χ3n) is 13.3. The number of fused-ring (bicyclic) bond motifs is 3. The summed E-state index contributed by atoms with van der Waals surface area (Å²) in [5, 5.41) is 23.7. The lowest BCUT2D eigenvalue weighted by Crippen LogP contribution is -2.28. The summed E-state index contributed by atoms with van der Waals surface area (Å²) < 4.78 is 11.8. The van der Waals surface area contributed by atoms with Gasteiger partial charge in [0, 0.05) is 94.7 Å². The molecule has 0 unspecified atom stereocenters. The molecule has 12 heteroatoms. The van der Waals surface area contributed by atoms with Crippen molar-refractivity contribution in [1.82, 2.24) is 14.1 Å². The van der Waals surface area contributed by atoms with Gasteiger partial charge in [-0.15, -0.1) is 11.8 Å². The van der Waals surface area contributed by atoms with Crippen molar-refractivity contribution in [3.63, 3.8) is 0 Å². The molecule has 0 amide bonds. The Kier molecular flexibility index (Phi) is 17.4. The minimum atomic E-state index is -1.07. The topological polar surface area (TPSA) is 124 Å². The number of ether oxygens (including phenoxy) is 1. The van der Waals surface area contributed by atoms with Crippen molar-refractivity contribution < 1.29 is 29.3 Å². The number of aliphatic carboxylic acids is 2. The number of carbonyl (C=O) groups is 3. The number of para-hydroxylation sites is 1. The lowest BCUT2D eigenvalue weighted by atomic mass is 9.83. The first-order valence-corrected chi connectivity index (χ1v) is 27.8. The van der Waals surface area contributed by atoms with Crippen LogP contribution in [0, 0.1) is 19.8 Å². The van der Waals surface area contributed by atoms with Crippen LogP contribution in [0.5, 0.6) is 5.75 Å². The molecule has 0 spiro atoms. The van der Waals surface area contributed by atoms with Crippen LogP contribution in [0.25, 0.3) is 32.7 Å². The Morgan fingerprint density at radius 2 is 1.24 bits per heavy atom.